The van der Waals surface area contributed by atoms with Gasteiger partial charge in [-0.15, -0.1) is 0 Å². The summed E-state index contributed by atoms with van der Waals surface area (Å²) in [5.74, 6) is 0.377. The summed E-state index contributed by atoms with van der Waals surface area (Å²) in [7, 11) is 0. The van der Waals surface area contributed by atoms with E-state index in [-0.39, 0.29) is 17.4 Å². The molecule has 15 heavy (non-hydrogen) atoms. The van der Waals surface area contributed by atoms with Gasteiger partial charge in [-0.2, -0.15) is 0 Å². The molecule has 0 saturated carbocycles. The number of rotatable bonds is 2. The van der Waals surface area contributed by atoms with E-state index >= 15 is 0 Å². The van der Waals surface area contributed by atoms with Crippen LogP contribution in [0.1, 0.15) is 13.8 Å². The van der Waals surface area contributed by atoms with E-state index in [0.717, 1.165) is 0 Å². The summed E-state index contributed by atoms with van der Waals surface area (Å²) >= 11 is 5.37. The fraction of sp³-hybridized carbons (Fsp3) is 0.600. The van der Waals surface area contributed by atoms with Crippen molar-refractivity contribution in [2.24, 2.45) is 0 Å². The van der Waals surface area contributed by atoms with Gasteiger partial charge in [-0.05, 0) is 26.0 Å². The molecule has 0 amide bonds. The van der Waals surface area contributed by atoms with Crippen molar-refractivity contribution in [3.63, 3.8) is 0 Å². The largest absolute Gasteiger partial charge is 0.372 e. The maximum atomic E-state index is 7.78. The van der Waals surface area contributed by atoms with Gasteiger partial charge in [0, 0.05) is 13.1 Å². The summed E-state index contributed by atoms with van der Waals surface area (Å²) in [5, 5.41) is 14.7. The maximum Gasteiger partial charge on any atom is 0.120 e. The van der Waals surface area contributed by atoms with Crippen molar-refractivity contribution in [3.05, 3.63) is 12.2 Å². The Balaban J connectivity index is 2.55. The fourth-order valence-electron chi connectivity index (χ4n) is 1.63. The molecule has 5 heteroatoms. The van der Waals surface area contributed by atoms with Crippen LogP contribution in [0.4, 0.5) is 0 Å². The fourth-order valence-corrected chi connectivity index (χ4v) is 1.70. The number of hydrogen-bond acceptors (Lipinski definition) is 3. The minimum Gasteiger partial charge on any atom is -0.372 e. The summed E-state index contributed by atoms with van der Waals surface area (Å²) in [5.41, 5.74) is 0. The molecule has 4 nitrogen and oxygen atoms in total. The summed E-state index contributed by atoms with van der Waals surface area (Å²) < 4.78 is 5.56. The topological polar surface area (TPSA) is 60.2 Å². The Morgan fingerprint density at radius 1 is 1.27 bits per heavy atom. The molecule has 2 N–H and O–H groups in total. The van der Waals surface area contributed by atoms with Crippen molar-refractivity contribution in [2.75, 3.05) is 13.1 Å². The van der Waals surface area contributed by atoms with E-state index < -0.39 is 0 Å². The Bertz CT molecular complexity index is 280. The van der Waals surface area contributed by atoms with Crippen molar-refractivity contribution in [2.45, 2.75) is 26.1 Å². The Morgan fingerprint density at radius 3 is 2.27 bits per heavy atom. The molecule has 84 valence electrons. The quantitative estimate of drug-likeness (QED) is 0.561. The molecule has 0 aromatic carbocycles. The van der Waals surface area contributed by atoms with Gasteiger partial charge in [0.25, 0.3) is 0 Å². The van der Waals surface area contributed by atoms with Crippen LogP contribution < -0.4 is 0 Å². The minimum absolute atomic E-state index is 0.0610. The Hall–Kier alpha value is -0.870. The average molecular weight is 230 g/mol. The lowest BCUT2D eigenvalue weighted by atomic mass is 10.2. The third-order valence-electron chi connectivity index (χ3n) is 2.15. The van der Waals surface area contributed by atoms with Crippen LogP contribution in [0.2, 0.25) is 0 Å². The van der Waals surface area contributed by atoms with Crippen LogP contribution in [0.3, 0.4) is 0 Å². The average Bonchev–Trinajstić information content (AvgIpc) is 2.12. The SMILES string of the molecule is C[C@@H]1CN(C(=N)/C=C\C(=N)Cl)C[C@H](C)O1. The first-order valence-electron chi connectivity index (χ1n) is 4.90. The second-order valence-corrected chi connectivity index (χ2v) is 4.14. The molecule has 0 radical (unpaired) electrons. The lowest BCUT2D eigenvalue weighted by Gasteiger charge is -2.36. The zero-order valence-electron chi connectivity index (χ0n) is 8.96. The highest BCUT2D eigenvalue weighted by atomic mass is 35.5. The monoisotopic (exact) mass is 229 g/mol. The number of morpholine rings is 1. The molecule has 1 fully saturated rings. The molecule has 1 aliphatic heterocycles. The third kappa shape index (κ3) is 4.01. The molecule has 0 spiro atoms. The van der Waals surface area contributed by atoms with E-state index in [2.05, 4.69) is 0 Å². The first-order valence-corrected chi connectivity index (χ1v) is 5.28. The number of ether oxygens (including phenoxy) is 1. The molecule has 0 bridgehead atoms. The van der Waals surface area contributed by atoms with Gasteiger partial charge in [0.05, 0.1) is 12.2 Å². The van der Waals surface area contributed by atoms with E-state index in [9.17, 15) is 0 Å². The molecular formula is C10H16ClN3O. The van der Waals surface area contributed by atoms with Crippen LogP contribution in [-0.4, -0.2) is 41.2 Å². The molecular weight excluding hydrogens is 214 g/mol. The van der Waals surface area contributed by atoms with Crippen LogP contribution in [0.25, 0.3) is 0 Å². The Kier molecular flexibility index (Phi) is 4.29. The molecule has 1 saturated heterocycles. The van der Waals surface area contributed by atoms with E-state index in [1.807, 2.05) is 18.7 Å². The van der Waals surface area contributed by atoms with Crippen molar-refractivity contribution < 1.29 is 4.74 Å². The number of allylic oxidation sites excluding steroid dienone is 1. The summed E-state index contributed by atoms with van der Waals surface area (Å²) in [6.07, 6.45) is 3.23. The van der Waals surface area contributed by atoms with Crippen molar-refractivity contribution in [3.8, 4) is 0 Å². The zero-order valence-corrected chi connectivity index (χ0v) is 9.71. The molecule has 0 aliphatic carbocycles. The van der Waals surface area contributed by atoms with Gasteiger partial charge in [-0.1, -0.05) is 11.6 Å². The number of nitrogens with zero attached hydrogens (tertiary/aromatic N) is 1. The van der Waals surface area contributed by atoms with Gasteiger partial charge in [0.1, 0.15) is 11.0 Å². The van der Waals surface area contributed by atoms with Gasteiger partial charge in [0.15, 0.2) is 0 Å². The van der Waals surface area contributed by atoms with Crippen molar-refractivity contribution >= 4 is 22.6 Å². The van der Waals surface area contributed by atoms with Crippen LogP contribution in [0, 0.1) is 10.8 Å². The van der Waals surface area contributed by atoms with E-state index in [0.29, 0.717) is 18.9 Å². The van der Waals surface area contributed by atoms with E-state index in [1.54, 1.807) is 6.08 Å². The third-order valence-corrected chi connectivity index (χ3v) is 2.27. The molecule has 1 aliphatic rings. The Morgan fingerprint density at radius 2 is 1.80 bits per heavy atom. The van der Waals surface area contributed by atoms with Gasteiger partial charge < -0.3 is 9.64 Å². The minimum atomic E-state index is -0.0610. The smallest absolute Gasteiger partial charge is 0.120 e. The van der Waals surface area contributed by atoms with Gasteiger partial charge in [-0.3, -0.25) is 10.8 Å². The lowest BCUT2D eigenvalue weighted by molar-refractivity contribution is -0.0479. The van der Waals surface area contributed by atoms with E-state index in [1.165, 1.54) is 6.08 Å². The lowest BCUT2D eigenvalue weighted by Crippen LogP contribution is -2.47. The Labute approximate surface area is 94.9 Å². The highest BCUT2D eigenvalue weighted by Gasteiger charge is 2.22. The molecule has 2 atom stereocenters. The first-order chi connectivity index (χ1) is 6.99. The van der Waals surface area contributed by atoms with Crippen LogP contribution in [0.5, 0.6) is 0 Å². The molecule has 0 aromatic heterocycles. The van der Waals surface area contributed by atoms with Crippen molar-refractivity contribution in [1.29, 1.82) is 10.8 Å². The molecule has 1 heterocycles. The highest BCUT2D eigenvalue weighted by molar-refractivity contribution is 6.67. The van der Waals surface area contributed by atoms with Crippen LogP contribution >= 0.6 is 11.6 Å². The zero-order chi connectivity index (χ0) is 11.4. The number of amidine groups is 1. The predicted molar refractivity (Wildman–Crippen MR) is 62.0 cm³/mol. The number of halogens is 1. The second-order valence-electron chi connectivity index (χ2n) is 3.73. The van der Waals surface area contributed by atoms with Gasteiger partial charge in [0.2, 0.25) is 0 Å². The van der Waals surface area contributed by atoms with Gasteiger partial charge >= 0.3 is 0 Å². The number of nitrogens with one attached hydrogen (secondary N) is 2. The molecule has 1 rings (SSSR count). The predicted octanol–water partition coefficient (Wildman–Crippen LogP) is 1.85. The maximum absolute atomic E-state index is 7.78. The molecule has 0 aromatic rings. The summed E-state index contributed by atoms with van der Waals surface area (Å²) in [6, 6.07) is 0. The summed E-state index contributed by atoms with van der Waals surface area (Å²) in [4.78, 5) is 1.93. The van der Waals surface area contributed by atoms with Crippen LogP contribution in [-0.2, 0) is 4.74 Å². The summed E-state index contributed by atoms with van der Waals surface area (Å²) in [6.45, 7) is 5.40. The van der Waals surface area contributed by atoms with Crippen molar-refractivity contribution in [1.82, 2.24) is 4.90 Å². The van der Waals surface area contributed by atoms with Crippen LogP contribution in [0.15, 0.2) is 12.2 Å². The van der Waals surface area contributed by atoms with Gasteiger partial charge in [-0.25, -0.2) is 0 Å². The normalized spacial score (nSPS) is 27.0. The van der Waals surface area contributed by atoms with E-state index in [4.69, 9.17) is 27.2 Å². The molecule has 0 unspecified atom stereocenters. The standard InChI is InChI=1S/C10H16ClN3O/c1-7-5-14(6-8(2)15-7)10(13)4-3-9(11)12/h3-4,7-8,12-13H,5-6H2,1-2H3/b4-3-,12-9?,13-10?/t7-,8+. The number of hydrogen-bond donors (Lipinski definition) is 2. The first kappa shape index (κ1) is 12.2. The second kappa shape index (κ2) is 5.28. The highest BCUT2D eigenvalue weighted by Crippen LogP contribution is 2.11.